The summed E-state index contributed by atoms with van der Waals surface area (Å²) >= 11 is 1.13. The summed E-state index contributed by atoms with van der Waals surface area (Å²) in [6, 6.07) is 11.5. The first kappa shape index (κ1) is 27.7. The topological polar surface area (TPSA) is 79.1 Å². The highest BCUT2D eigenvalue weighted by molar-refractivity contribution is 7.07. The third-order valence-corrected chi connectivity index (χ3v) is 8.35. The smallest absolute Gasteiger partial charge is 0.270 e. The van der Waals surface area contributed by atoms with Crippen LogP contribution in [-0.4, -0.2) is 23.2 Å². The minimum absolute atomic E-state index is 0.0939. The van der Waals surface area contributed by atoms with Crippen LogP contribution < -0.4 is 29.1 Å². The monoisotopic (exact) mass is 598 g/mol. The van der Waals surface area contributed by atoms with Gasteiger partial charge in [-0.05, 0) is 43.7 Å². The third kappa shape index (κ3) is 4.37. The number of methoxy groups -OCH3 is 1. The molecule has 0 N–H and O–H groups in total. The summed E-state index contributed by atoms with van der Waals surface area (Å²) in [4.78, 5) is 31.7. The van der Waals surface area contributed by atoms with Gasteiger partial charge in [0.05, 0.1) is 17.7 Å². The van der Waals surface area contributed by atoms with Crippen molar-refractivity contribution in [3.63, 3.8) is 0 Å². The van der Waals surface area contributed by atoms with Crippen LogP contribution in [-0.2, 0) is 11.4 Å². The standard InChI is InChI=1S/C30H22F4N2O5S/c1-14(37)23-26-17-6-4-5-7-21(17)41-30(23,2)35-29-36(26)28(38)22(42-29)11-15-8-9-20(39-3)16(10-15)13-40-27-24(33)18(31)12-19(32)25(27)34/h4-12,23,26H,13H2,1-3H3/b22-11+/t23-,26+,30-/m1/s1. The zero-order valence-corrected chi connectivity index (χ0v) is 23.2. The Balaban J connectivity index is 1.43. The molecule has 12 heteroatoms. The van der Waals surface area contributed by atoms with Crippen LogP contribution in [0.25, 0.3) is 6.08 Å². The van der Waals surface area contributed by atoms with E-state index in [1.165, 1.54) is 18.6 Å². The molecule has 2 bridgehead atoms. The maximum atomic E-state index is 14.1. The van der Waals surface area contributed by atoms with Gasteiger partial charge in [0.25, 0.3) is 5.56 Å². The van der Waals surface area contributed by atoms with Gasteiger partial charge in [0, 0.05) is 17.2 Å². The quantitative estimate of drug-likeness (QED) is 0.243. The highest BCUT2D eigenvalue weighted by Crippen LogP contribution is 2.47. The summed E-state index contributed by atoms with van der Waals surface area (Å²) < 4.78 is 74.0. The number of benzene rings is 3. The lowest BCUT2D eigenvalue weighted by molar-refractivity contribution is -0.132. The van der Waals surface area contributed by atoms with Crippen molar-refractivity contribution in [3.05, 3.63) is 108 Å². The van der Waals surface area contributed by atoms with Crippen molar-refractivity contribution in [2.75, 3.05) is 7.11 Å². The molecule has 0 aliphatic carbocycles. The largest absolute Gasteiger partial charge is 0.496 e. The zero-order chi connectivity index (χ0) is 29.9. The summed E-state index contributed by atoms with van der Waals surface area (Å²) in [6.07, 6.45) is 1.60. The van der Waals surface area contributed by atoms with E-state index in [1.54, 1.807) is 43.3 Å². The number of para-hydroxylation sites is 1. The van der Waals surface area contributed by atoms with Gasteiger partial charge >= 0.3 is 0 Å². The number of ketones is 1. The van der Waals surface area contributed by atoms with Crippen LogP contribution in [0.1, 0.15) is 36.6 Å². The average molecular weight is 599 g/mol. The normalized spacial score (nSPS) is 20.7. The molecule has 0 amide bonds. The van der Waals surface area contributed by atoms with Gasteiger partial charge in [-0.25, -0.2) is 13.8 Å². The van der Waals surface area contributed by atoms with Crippen molar-refractivity contribution >= 4 is 23.2 Å². The second kappa shape index (κ2) is 10.1. The Morgan fingerprint density at radius 1 is 1.12 bits per heavy atom. The van der Waals surface area contributed by atoms with Crippen LogP contribution in [0.5, 0.6) is 17.2 Å². The Bertz CT molecular complexity index is 1930. The fourth-order valence-corrected chi connectivity index (χ4v) is 6.64. The van der Waals surface area contributed by atoms with E-state index in [-0.39, 0.29) is 23.2 Å². The van der Waals surface area contributed by atoms with E-state index in [4.69, 9.17) is 19.2 Å². The van der Waals surface area contributed by atoms with Gasteiger partial charge in [-0.15, -0.1) is 0 Å². The predicted octanol–water partition coefficient (Wildman–Crippen LogP) is 4.42. The van der Waals surface area contributed by atoms with Crippen LogP contribution in [0, 0.1) is 29.2 Å². The number of rotatable bonds is 6. The Morgan fingerprint density at radius 2 is 1.83 bits per heavy atom. The van der Waals surface area contributed by atoms with Crippen LogP contribution >= 0.6 is 11.3 Å². The van der Waals surface area contributed by atoms with E-state index in [9.17, 15) is 27.2 Å². The number of thiazole rings is 1. The third-order valence-electron chi connectivity index (χ3n) is 7.36. The van der Waals surface area contributed by atoms with E-state index in [1.807, 2.05) is 12.1 Å². The molecular weight excluding hydrogens is 576 g/mol. The molecule has 3 atom stereocenters. The molecule has 3 heterocycles. The summed E-state index contributed by atoms with van der Waals surface area (Å²) in [6.45, 7) is 2.69. The molecule has 1 aromatic heterocycles. The van der Waals surface area contributed by atoms with Crippen molar-refractivity contribution in [3.8, 4) is 17.2 Å². The first-order chi connectivity index (χ1) is 20.0. The van der Waals surface area contributed by atoms with Crippen molar-refractivity contribution < 1.29 is 36.6 Å². The Hall–Kier alpha value is -4.45. The molecule has 2 aliphatic rings. The highest BCUT2D eigenvalue weighted by atomic mass is 32.1. The summed E-state index contributed by atoms with van der Waals surface area (Å²) in [7, 11) is 1.37. The maximum Gasteiger partial charge on any atom is 0.270 e. The lowest BCUT2D eigenvalue weighted by Gasteiger charge is -2.45. The lowest BCUT2D eigenvalue weighted by atomic mass is 9.79. The van der Waals surface area contributed by atoms with Gasteiger partial charge in [0.2, 0.25) is 17.4 Å². The molecule has 0 unspecified atom stereocenters. The van der Waals surface area contributed by atoms with Crippen molar-refractivity contribution in [1.29, 1.82) is 0 Å². The van der Waals surface area contributed by atoms with E-state index in [2.05, 4.69) is 0 Å². The predicted molar refractivity (Wildman–Crippen MR) is 144 cm³/mol. The highest BCUT2D eigenvalue weighted by Gasteiger charge is 2.53. The van der Waals surface area contributed by atoms with Crippen LogP contribution in [0.15, 0.2) is 58.3 Å². The van der Waals surface area contributed by atoms with Crippen LogP contribution in [0.3, 0.4) is 0 Å². The Labute approximate surface area is 239 Å². The molecule has 7 nitrogen and oxygen atoms in total. The summed E-state index contributed by atoms with van der Waals surface area (Å²) in [5, 5.41) is 0. The van der Waals surface area contributed by atoms with Crippen molar-refractivity contribution in [1.82, 2.24) is 4.57 Å². The summed E-state index contributed by atoms with van der Waals surface area (Å²) in [5.74, 6) is -7.77. The first-order valence-corrected chi connectivity index (χ1v) is 13.6. The van der Waals surface area contributed by atoms with Gasteiger partial charge in [0.1, 0.15) is 29.8 Å². The van der Waals surface area contributed by atoms with E-state index in [0.29, 0.717) is 31.8 Å². The Kier molecular flexibility index (Phi) is 6.68. The van der Waals surface area contributed by atoms with Gasteiger partial charge < -0.3 is 14.2 Å². The molecule has 216 valence electrons. The molecule has 6 rings (SSSR count). The minimum atomic E-state index is -1.66. The van der Waals surface area contributed by atoms with E-state index >= 15 is 0 Å². The molecule has 2 aliphatic heterocycles. The van der Waals surface area contributed by atoms with Gasteiger partial charge in [-0.2, -0.15) is 8.78 Å². The van der Waals surface area contributed by atoms with Gasteiger partial charge in [0.15, 0.2) is 22.2 Å². The lowest BCUT2D eigenvalue weighted by Crippen LogP contribution is -2.58. The molecule has 0 saturated heterocycles. The maximum absolute atomic E-state index is 14.1. The number of aromatic nitrogens is 1. The first-order valence-electron chi connectivity index (χ1n) is 12.8. The number of fused-ring (bicyclic) bond motifs is 6. The molecular formula is C30H22F4N2O5S. The van der Waals surface area contributed by atoms with Crippen molar-refractivity contribution in [2.24, 2.45) is 10.9 Å². The molecule has 0 fully saturated rings. The fourth-order valence-electron chi connectivity index (χ4n) is 5.54. The molecule has 0 spiro atoms. The number of hydrogen-bond donors (Lipinski definition) is 0. The zero-order valence-electron chi connectivity index (χ0n) is 22.4. The number of carbonyl (C=O) groups is 1. The number of hydrogen-bond acceptors (Lipinski definition) is 7. The average Bonchev–Trinajstić information content (AvgIpc) is 3.24. The van der Waals surface area contributed by atoms with Crippen LogP contribution in [0.2, 0.25) is 0 Å². The second-order valence-corrected chi connectivity index (χ2v) is 11.1. The fraction of sp³-hybridized carbons (Fsp3) is 0.233. The molecule has 4 aromatic rings. The Morgan fingerprint density at radius 3 is 2.52 bits per heavy atom. The van der Waals surface area contributed by atoms with Crippen LogP contribution in [0.4, 0.5) is 17.6 Å². The number of carbonyl (C=O) groups excluding carboxylic acids is 1. The van der Waals surface area contributed by atoms with E-state index in [0.717, 1.165) is 11.3 Å². The minimum Gasteiger partial charge on any atom is -0.496 e. The molecule has 0 radical (unpaired) electrons. The number of Topliss-reactive ketones (excluding diaryl/α,β-unsaturated/α-hetero) is 1. The van der Waals surface area contributed by atoms with Gasteiger partial charge in [-0.3, -0.25) is 14.2 Å². The van der Waals surface area contributed by atoms with E-state index < -0.39 is 53.3 Å². The molecule has 42 heavy (non-hydrogen) atoms. The summed E-state index contributed by atoms with van der Waals surface area (Å²) in [5.41, 5.74) is -0.0591. The molecule has 0 saturated carbocycles. The van der Waals surface area contributed by atoms with Gasteiger partial charge in [-0.1, -0.05) is 35.6 Å². The SMILES string of the molecule is COc1ccc(/C=c2/sc3n(c2=O)[C@H]2c4ccccc4O[C@@](C)(N=3)[C@@H]2C(C)=O)cc1COc1c(F)c(F)cc(F)c1F. The van der Waals surface area contributed by atoms with Crippen molar-refractivity contribution in [2.45, 2.75) is 32.2 Å². The second-order valence-electron chi connectivity index (χ2n) is 10.1. The number of halogens is 4. The number of ether oxygens (including phenoxy) is 3. The molecule has 3 aromatic carbocycles. The number of nitrogens with zero attached hydrogens (tertiary/aromatic N) is 2.